The van der Waals surface area contributed by atoms with Gasteiger partial charge in [-0.3, -0.25) is 14.5 Å². The van der Waals surface area contributed by atoms with E-state index in [0.717, 1.165) is 26.5 Å². The van der Waals surface area contributed by atoms with Gasteiger partial charge in [0.25, 0.3) is 5.91 Å². The van der Waals surface area contributed by atoms with Gasteiger partial charge in [-0.1, -0.05) is 0 Å². The Morgan fingerprint density at radius 3 is 2.76 bits per heavy atom. The molecule has 4 aromatic rings. The van der Waals surface area contributed by atoms with Crippen molar-refractivity contribution in [2.24, 2.45) is 7.05 Å². The van der Waals surface area contributed by atoms with E-state index in [1.807, 2.05) is 39.4 Å². The standard InChI is InChI=1S/C17H16N6OS/c1-10-4-14(11(2)18-5-10)21-16(24)13-7-20-23-9-15(25-17(13)23)12-6-19-22(3)8-12/h4-9H,1-3H3,(H,21,24). The van der Waals surface area contributed by atoms with E-state index in [2.05, 4.69) is 20.5 Å². The second-order valence-corrected chi connectivity index (χ2v) is 6.94. The number of aromatic nitrogens is 5. The minimum Gasteiger partial charge on any atom is -0.320 e. The number of amides is 1. The number of nitrogens with zero attached hydrogens (tertiary/aromatic N) is 5. The van der Waals surface area contributed by atoms with Crippen LogP contribution in [0.15, 0.2) is 37.1 Å². The van der Waals surface area contributed by atoms with Gasteiger partial charge < -0.3 is 5.32 Å². The first-order valence-corrected chi connectivity index (χ1v) is 8.54. The van der Waals surface area contributed by atoms with Crippen LogP contribution < -0.4 is 5.32 Å². The number of pyridine rings is 1. The summed E-state index contributed by atoms with van der Waals surface area (Å²) in [6.45, 7) is 3.81. The van der Waals surface area contributed by atoms with Crippen molar-refractivity contribution in [3.63, 3.8) is 0 Å². The van der Waals surface area contributed by atoms with Crippen LogP contribution in [0.3, 0.4) is 0 Å². The van der Waals surface area contributed by atoms with Gasteiger partial charge in [0, 0.05) is 31.2 Å². The molecule has 4 aromatic heterocycles. The monoisotopic (exact) mass is 352 g/mol. The minimum absolute atomic E-state index is 0.190. The van der Waals surface area contributed by atoms with Crippen LogP contribution in [0.25, 0.3) is 15.3 Å². The highest BCUT2D eigenvalue weighted by Crippen LogP contribution is 2.30. The normalized spacial score (nSPS) is 11.2. The molecular formula is C17H16N6OS. The zero-order chi connectivity index (χ0) is 17.6. The third-order valence-corrected chi connectivity index (χ3v) is 5.06. The average molecular weight is 352 g/mol. The van der Waals surface area contributed by atoms with E-state index in [0.29, 0.717) is 11.3 Å². The van der Waals surface area contributed by atoms with E-state index in [-0.39, 0.29) is 5.91 Å². The molecule has 1 amide bonds. The quantitative estimate of drug-likeness (QED) is 0.615. The van der Waals surface area contributed by atoms with E-state index < -0.39 is 0 Å². The Bertz CT molecular complexity index is 1090. The number of carbonyl (C=O) groups excluding carboxylic acids is 1. The van der Waals surface area contributed by atoms with Crippen LogP contribution in [0.4, 0.5) is 5.69 Å². The molecule has 4 heterocycles. The number of aryl methyl sites for hydroxylation is 3. The van der Waals surface area contributed by atoms with Crippen LogP contribution in [-0.4, -0.2) is 30.3 Å². The number of thiazole rings is 1. The molecule has 0 aliphatic carbocycles. The fraction of sp³-hybridized carbons (Fsp3) is 0.176. The van der Waals surface area contributed by atoms with Crippen molar-refractivity contribution in [2.45, 2.75) is 13.8 Å². The van der Waals surface area contributed by atoms with E-state index in [1.165, 1.54) is 11.3 Å². The van der Waals surface area contributed by atoms with Crippen LogP contribution in [0.2, 0.25) is 0 Å². The zero-order valence-electron chi connectivity index (χ0n) is 14.0. The highest BCUT2D eigenvalue weighted by Gasteiger charge is 2.17. The molecule has 0 spiro atoms. The van der Waals surface area contributed by atoms with Gasteiger partial charge in [0.05, 0.1) is 34.2 Å². The summed E-state index contributed by atoms with van der Waals surface area (Å²) < 4.78 is 3.47. The Kier molecular flexibility index (Phi) is 3.61. The summed E-state index contributed by atoms with van der Waals surface area (Å²) in [5.74, 6) is -0.190. The SMILES string of the molecule is Cc1cnc(C)c(NC(=O)c2cnn3cc(-c4cnn(C)c4)sc23)c1. The Morgan fingerprint density at radius 2 is 2.00 bits per heavy atom. The topological polar surface area (TPSA) is 77.1 Å². The lowest BCUT2D eigenvalue weighted by Crippen LogP contribution is -2.12. The van der Waals surface area contributed by atoms with Gasteiger partial charge in [0.15, 0.2) is 0 Å². The maximum absolute atomic E-state index is 12.7. The predicted molar refractivity (Wildman–Crippen MR) is 96.9 cm³/mol. The Labute approximate surface area is 147 Å². The van der Waals surface area contributed by atoms with Crippen molar-refractivity contribution in [1.82, 2.24) is 24.4 Å². The molecule has 4 rings (SSSR count). The minimum atomic E-state index is -0.190. The summed E-state index contributed by atoms with van der Waals surface area (Å²) in [5.41, 5.74) is 4.04. The van der Waals surface area contributed by atoms with Crippen LogP contribution in [0.5, 0.6) is 0 Å². The molecule has 7 nitrogen and oxygen atoms in total. The van der Waals surface area contributed by atoms with E-state index in [4.69, 9.17) is 0 Å². The third kappa shape index (κ3) is 2.80. The van der Waals surface area contributed by atoms with Gasteiger partial charge in [0.2, 0.25) is 0 Å². The smallest absolute Gasteiger partial charge is 0.260 e. The van der Waals surface area contributed by atoms with Crippen LogP contribution in [0, 0.1) is 13.8 Å². The van der Waals surface area contributed by atoms with Gasteiger partial charge >= 0.3 is 0 Å². The van der Waals surface area contributed by atoms with Gasteiger partial charge in [-0.05, 0) is 25.5 Å². The second-order valence-electron chi connectivity index (χ2n) is 5.91. The summed E-state index contributed by atoms with van der Waals surface area (Å²) in [6, 6.07) is 1.91. The van der Waals surface area contributed by atoms with E-state index >= 15 is 0 Å². The Balaban J connectivity index is 1.68. The lowest BCUT2D eigenvalue weighted by atomic mass is 10.2. The van der Waals surface area contributed by atoms with Crippen molar-refractivity contribution >= 4 is 27.8 Å². The van der Waals surface area contributed by atoms with Gasteiger partial charge in [-0.25, -0.2) is 4.52 Å². The van der Waals surface area contributed by atoms with Gasteiger partial charge in [-0.2, -0.15) is 10.2 Å². The maximum Gasteiger partial charge on any atom is 0.260 e. The van der Waals surface area contributed by atoms with Crippen molar-refractivity contribution < 1.29 is 4.79 Å². The number of nitrogens with one attached hydrogen (secondary N) is 1. The first-order chi connectivity index (χ1) is 12.0. The first kappa shape index (κ1) is 15.5. The van der Waals surface area contributed by atoms with Crippen molar-refractivity contribution in [2.75, 3.05) is 5.32 Å². The van der Waals surface area contributed by atoms with Crippen LogP contribution >= 0.6 is 11.3 Å². The molecule has 0 radical (unpaired) electrons. The molecule has 0 atom stereocenters. The molecule has 0 fully saturated rings. The van der Waals surface area contributed by atoms with E-state index in [9.17, 15) is 4.79 Å². The average Bonchev–Trinajstić information content (AvgIpc) is 3.25. The highest BCUT2D eigenvalue weighted by molar-refractivity contribution is 7.21. The van der Waals surface area contributed by atoms with Crippen LogP contribution in [0.1, 0.15) is 21.6 Å². The molecule has 126 valence electrons. The van der Waals surface area contributed by atoms with Crippen molar-refractivity contribution in [3.05, 3.63) is 53.9 Å². The molecule has 0 aliphatic heterocycles. The number of hydrogen-bond acceptors (Lipinski definition) is 5. The predicted octanol–water partition coefficient (Wildman–Crippen LogP) is 3.06. The summed E-state index contributed by atoms with van der Waals surface area (Å²) in [6.07, 6.45) is 9.02. The number of anilines is 1. The first-order valence-electron chi connectivity index (χ1n) is 7.72. The lowest BCUT2D eigenvalue weighted by Gasteiger charge is -2.07. The molecule has 8 heteroatoms. The summed E-state index contributed by atoms with van der Waals surface area (Å²) in [4.78, 5) is 18.8. The number of carbonyl (C=O) groups is 1. The highest BCUT2D eigenvalue weighted by atomic mass is 32.1. The summed E-state index contributed by atoms with van der Waals surface area (Å²) >= 11 is 1.51. The number of rotatable bonds is 3. The fourth-order valence-corrected chi connectivity index (χ4v) is 3.61. The molecule has 0 aliphatic rings. The summed E-state index contributed by atoms with van der Waals surface area (Å²) in [7, 11) is 1.87. The van der Waals surface area contributed by atoms with Crippen molar-refractivity contribution in [3.8, 4) is 10.4 Å². The Morgan fingerprint density at radius 1 is 1.16 bits per heavy atom. The Hall–Kier alpha value is -3.00. The van der Waals surface area contributed by atoms with E-state index in [1.54, 1.807) is 27.8 Å². The molecule has 0 bridgehead atoms. The lowest BCUT2D eigenvalue weighted by molar-refractivity contribution is 0.102. The molecule has 0 saturated carbocycles. The van der Waals surface area contributed by atoms with Crippen LogP contribution in [-0.2, 0) is 7.05 Å². The van der Waals surface area contributed by atoms with Gasteiger partial charge in [0.1, 0.15) is 4.83 Å². The molecule has 1 N–H and O–H groups in total. The molecular weight excluding hydrogens is 336 g/mol. The zero-order valence-corrected chi connectivity index (χ0v) is 14.8. The maximum atomic E-state index is 12.7. The fourth-order valence-electron chi connectivity index (χ4n) is 2.58. The third-order valence-electron chi connectivity index (χ3n) is 3.90. The number of hydrogen-bond donors (Lipinski definition) is 1. The number of fused-ring (bicyclic) bond motifs is 1. The molecule has 0 saturated heterocycles. The molecule has 0 unspecified atom stereocenters. The molecule has 25 heavy (non-hydrogen) atoms. The largest absolute Gasteiger partial charge is 0.320 e. The van der Waals surface area contributed by atoms with Crippen molar-refractivity contribution in [1.29, 1.82) is 0 Å². The molecule has 0 aromatic carbocycles. The van der Waals surface area contributed by atoms with Gasteiger partial charge in [-0.15, -0.1) is 11.3 Å². The summed E-state index contributed by atoms with van der Waals surface area (Å²) in [5, 5.41) is 11.4. The second kappa shape index (κ2) is 5.82.